The van der Waals surface area contributed by atoms with Crippen LogP contribution in [-0.2, 0) is 20.1 Å². The zero-order chi connectivity index (χ0) is 26.0. The van der Waals surface area contributed by atoms with Gasteiger partial charge in [-0.05, 0) is 29.9 Å². The predicted octanol–water partition coefficient (Wildman–Crippen LogP) is 8.16. The molecule has 0 amide bonds. The van der Waals surface area contributed by atoms with Crippen molar-refractivity contribution in [2.75, 3.05) is 0 Å². The summed E-state index contributed by atoms with van der Waals surface area (Å²) in [5, 5.41) is 3.73. The van der Waals surface area contributed by atoms with Gasteiger partial charge >= 0.3 is 0 Å². The third-order valence-electron chi connectivity index (χ3n) is 6.30. The van der Waals surface area contributed by atoms with Crippen molar-refractivity contribution in [3.63, 3.8) is 0 Å². The molecule has 0 aliphatic carbocycles. The van der Waals surface area contributed by atoms with Crippen LogP contribution >= 0.6 is 0 Å². The summed E-state index contributed by atoms with van der Waals surface area (Å²) in [7, 11) is -1.56. The van der Waals surface area contributed by atoms with Crippen LogP contribution in [0.5, 0.6) is 0 Å². The van der Waals surface area contributed by atoms with Gasteiger partial charge in [-0.1, -0.05) is 68.1 Å². The van der Waals surface area contributed by atoms with Crippen LogP contribution in [0.4, 0.5) is 0 Å². The molecule has 5 heteroatoms. The Kier molecular flexibility index (Phi) is 8.42. The van der Waals surface area contributed by atoms with E-state index in [0.717, 1.165) is 39.2 Å². The molecule has 0 aliphatic rings. The van der Waals surface area contributed by atoms with Crippen LogP contribution in [0.2, 0.25) is 19.6 Å². The molecule has 0 saturated heterocycles. The van der Waals surface area contributed by atoms with Crippen molar-refractivity contribution in [2.45, 2.75) is 33.5 Å². The van der Waals surface area contributed by atoms with Gasteiger partial charge in [0.2, 0.25) is 5.71 Å². The van der Waals surface area contributed by atoms with E-state index < -0.39 is 8.07 Å². The Hall–Kier alpha value is -3.37. The number of benzene rings is 3. The first-order valence-electron chi connectivity index (χ1n) is 12.5. The van der Waals surface area contributed by atoms with Crippen molar-refractivity contribution in [2.24, 2.45) is 0 Å². The third-order valence-corrected chi connectivity index (χ3v) is 8.31. The predicted molar refractivity (Wildman–Crippen MR) is 157 cm³/mol. The summed E-state index contributed by atoms with van der Waals surface area (Å²) in [6.07, 6.45) is 1.88. The van der Waals surface area contributed by atoms with Crippen molar-refractivity contribution < 1.29 is 24.5 Å². The van der Waals surface area contributed by atoms with Crippen LogP contribution in [0.1, 0.15) is 11.1 Å². The number of rotatable bonds is 3. The molecule has 3 aromatic heterocycles. The number of aromatic nitrogens is 2. The Morgan fingerprint density at radius 2 is 1.50 bits per heavy atom. The fourth-order valence-corrected chi connectivity index (χ4v) is 5.85. The molecule has 0 aliphatic heterocycles. The molecule has 38 heavy (non-hydrogen) atoms. The molecule has 0 N–H and O–H groups in total. The van der Waals surface area contributed by atoms with Crippen LogP contribution in [0.25, 0.3) is 44.6 Å². The van der Waals surface area contributed by atoms with E-state index in [2.05, 4.69) is 74.0 Å². The second kappa shape index (κ2) is 11.6. The third kappa shape index (κ3) is 6.02. The quantitative estimate of drug-likeness (QED) is 0.139. The molecule has 0 bridgehead atoms. The molecule has 3 heterocycles. The molecular weight excluding hydrogens is 661 g/mol. The second-order valence-electron chi connectivity index (χ2n) is 10.4. The number of furan rings is 1. The maximum Gasteiger partial charge on any atom is 0.218 e. The first-order chi connectivity index (χ1) is 17.8. The van der Waals surface area contributed by atoms with Crippen LogP contribution in [-0.4, -0.2) is 18.0 Å². The molecular formula is C33H30IrN2OSi-2. The van der Waals surface area contributed by atoms with Gasteiger partial charge in [-0.3, -0.25) is 4.98 Å². The fraction of sp³-hybridized carbons (Fsp3) is 0.152. The Morgan fingerprint density at radius 1 is 0.763 bits per heavy atom. The Bertz CT molecular complexity index is 1610. The van der Waals surface area contributed by atoms with Crippen LogP contribution in [0.3, 0.4) is 0 Å². The SMILES string of the molecule is C[Si](C)(C)c1cc(-c2[c-]cccc2)nc2oc3ccccc3c12.Cc1c[c-]c(-c2ccc(C)cn2)cc1.[Ir]. The van der Waals surface area contributed by atoms with Gasteiger partial charge in [0.25, 0.3) is 0 Å². The van der Waals surface area contributed by atoms with Crippen LogP contribution in [0, 0.1) is 26.0 Å². The average Bonchev–Trinajstić information content (AvgIpc) is 3.28. The van der Waals surface area contributed by atoms with Crippen molar-refractivity contribution >= 4 is 35.3 Å². The van der Waals surface area contributed by atoms with Crippen molar-refractivity contribution in [3.05, 3.63) is 114 Å². The van der Waals surface area contributed by atoms with Gasteiger partial charge in [-0.2, -0.15) is 0 Å². The van der Waals surface area contributed by atoms with Crippen molar-refractivity contribution in [1.82, 2.24) is 9.97 Å². The molecule has 0 saturated carbocycles. The number of pyridine rings is 2. The summed E-state index contributed by atoms with van der Waals surface area (Å²) in [5.41, 5.74) is 8.03. The zero-order valence-electron chi connectivity index (χ0n) is 22.3. The fourth-order valence-electron chi connectivity index (χ4n) is 4.29. The van der Waals surface area contributed by atoms with Gasteiger partial charge in [0, 0.05) is 37.1 Å². The Labute approximate surface area is 239 Å². The number of hydrogen-bond acceptors (Lipinski definition) is 3. The van der Waals surface area contributed by atoms with E-state index in [-0.39, 0.29) is 20.1 Å². The average molecular weight is 691 g/mol. The van der Waals surface area contributed by atoms with E-state index in [0.29, 0.717) is 0 Å². The van der Waals surface area contributed by atoms with E-state index in [4.69, 9.17) is 9.40 Å². The molecule has 3 nitrogen and oxygen atoms in total. The first kappa shape index (κ1) is 27.7. The second-order valence-corrected chi connectivity index (χ2v) is 15.4. The standard InChI is InChI=1S/C20H18NOSi.C13H12N.Ir/c1-23(2,3)18-13-16(14-9-5-4-6-10-14)21-20-19(18)15-11-7-8-12-17(15)22-20;1-10-3-6-12(7-4-10)13-8-5-11(2)9-14-13;/h4-9,11-13H,1-3H3;3-6,8-9H,1-2H3;/q2*-1;. The number of para-hydroxylation sites is 1. The van der Waals surface area contributed by atoms with Gasteiger partial charge in [-0.15, -0.1) is 71.3 Å². The number of aryl methyl sites for hydroxylation is 2. The maximum atomic E-state index is 6.05. The summed E-state index contributed by atoms with van der Waals surface area (Å²) in [4.78, 5) is 9.13. The van der Waals surface area contributed by atoms with E-state index >= 15 is 0 Å². The minimum absolute atomic E-state index is 0. The molecule has 3 aromatic carbocycles. The van der Waals surface area contributed by atoms with Crippen LogP contribution < -0.4 is 5.19 Å². The molecule has 6 aromatic rings. The molecule has 0 spiro atoms. The summed E-state index contributed by atoms with van der Waals surface area (Å²) in [6.45, 7) is 11.2. The summed E-state index contributed by atoms with van der Waals surface area (Å²) in [6, 6.07) is 35.1. The van der Waals surface area contributed by atoms with Crippen molar-refractivity contribution in [3.8, 4) is 22.5 Å². The smallest absolute Gasteiger partial charge is 0.218 e. The normalized spacial score (nSPS) is 11.1. The van der Waals surface area contributed by atoms with Crippen molar-refractivity contribution in [1.29, 1.82) is 0 Å². The number of nitrogens with zero attached hydrogens (tertiary/aromatic N) is 2. The Morgan fingerprint density at radius 3 is 2.16 bits per heavy atom. The zero-order valence-corrected chi connectivity index (χ0v) is 25.7. The topological polar surface area (TPSA) is 38.9 Å². The van der Waals surface area contributed by atoms with Crippen LogP contribution in [0.15, 0.2) is 95.5 Å². The van der Waals surface area contributed by atoms with E-state index in [1.165, 1.54) is 21.7 Å². The molecule has 193 valence electrons. The first-order valence-corrected chi connectivity index (χ1v) is 16.0. The van der Waals surface area contributed by atoms with E-state index in [9.17, 15) is 0 Å². The molecule has 0 fully saturated rings. The summed E-state index contributed by atoms with van der Waals surface area (Å²) in [5.74, 6) is 0. The minimum Gasteiger partial charge on any atom is -0.439 e. The number of fused-ring (bicyclic) bond motifs is 3. The summed E-state index contributed by atoms with van der Waals surface area (Å²) >= 11 is 0. The Balaban J connectivity index is 0.000000193. The largest absolute Gasteiger partial charge is 0.439 e. The van der Waals surface area contributed by atoms with Gasteiger partial charge in [0.15, 0.2) is 0 Å². The van der Waals surface area contributed by atoms with Gasteiger partial charge in [0.1, 0.15) is 5.58 Å². The van der Waals surface area contributed by atoms with Gasteiger partial charge in [-0.25, -0.2) is 0 Å². The van der Waals surface area contributed by atoms with E-state index in [1.54, 1.807) is 0 Å². The molecule has 6 rings (SSSR count). The van der Waals surface area contributed by atoms with Gasteiger partial charge in [0.05, 0.1) is 8.07 Å². The van der Waals surface area contributed by atoms with Gasteiger partial charge < -0.3 is 9.40 Å². The number of hydrogen-bond donors (Lipinski definition) is 0. The summed E-state index contributed by atoms with van der Waals surface area (Å²) < 4.78 is 6.05. The van der Waals surface area contributed by atoms with E-state index in [1.807, 2.05) is 67.7 Å². The molecule has 0 unspecified atom stereocenters. The monoisotopic (exact) mass is 691 g/mol. The molecule has 0 atom stereocenters. The maximum absolute atomic E-state index is 6.05. The molecule has 1 radical (unpaired) electrons. The minimum atomic E-state index is -1.56.